The lowest BCUT2D eigenvalue weighted by Crippen LogP contribution is -2.04. The zero-order valence-electron chi connectivity index (χ0n) is 9.03. The second-order valence-electron chi connectivity index (χ2n) is 3.34. The van der Waals surface area contributed by atoms with Crippen molar-refractivity contribution >= 4 is 9.84 Å². The van der Waals surface area contributed by atoms with E-state index in [-0.39, 0.29) is 18.8 Å². The Balaban J connectivity index is 3.37. The molecule has 0 aliphatic rings. The summed E-state index contributed by atoms with van der Waals surface area (Å²) in [5, 5.41) is 8.76. The van der Waals surface area contributed by atoms with Crippen LogP contribution < -0.4 is 4.74 Å². The average Bonchev–Trinajstić information content (AvgIpc) is 2.16. The molecule has 1 aromatic carbocycles. The van der Waals surface area contributed by atoms with Gasteiger partial charge in [-0.15, -0.1) is 0 Å². The third kappa shape index (κ3) is 2.70. The number of halogens is 1. The lowest BCUT2D eigenvalue weighted by molar-refractivity contribution is 0.296. The Labute approximate surface area is 93.6 Å². The van der Waals surface area contributed by atoms with Crippen LogP contribution in [0, 0.1) is 5.82 Å². The molecule has 90 valence electrons. The Morgan fingerprint density at radius 3 is 2.50 bits per heavy atom. The minimum Gasteiger partial charge on any atom is -0.496 e. The van der Waals surface area contributed by atoms with Crippen LogP contribution in [0.3, 0.4) is 0 Å². The molecule has 0 saturated heterocycles. The summed E-state index contributed by atoms with van der Waals surface area (Å²) in [5.41, 5.74) is 0.440. The van der Waals surface area contributed by atoms with Gasteiger partial charge in [-0.3, -0.25) is 0 Å². The Morgan fingerprint density at radius 2 is 2.06 bits per heavy atom. The van der Waals surface area contributed by atoms with Crippen molar-refractivity contribution in [3.8, 4) is 5.75 Å². The van der Waals surface area contributed by atoms with Crippen molar-refractivity contribution in [2.75, 3.05) is 20.0 Å². The molecule has 0 unspecified atom stereocenters. The van der Waals surface area contributed by atoms with Crippen LogP contribution in [0.1, 0.15) is 5.56 Å². The van der Waals surface area contributed by atoms with Gasteiger partial charge in [0.1, 0.15) is 16.5 Å². The van der Waals surface area contributed by atoms with Gasteiger partial charge in [0.25, 0.3) is 0 Å². The second kappa shape index (κ2) is 4.80. The number of aliphatic hydroxyl groups excluding tert-OH is 1. The Hall–Kier alpha value is -1.14. The molecule has 16 heavy (non-hydrogen) atoms. The number of benzene rings is 1. The first-order valence-corrected chi connectivity index (χ1v) is 6.46. The van der Waals surface area contributed by atoms with Gasteiger partial charge in [-0.1, -0.05) is 0 Å². The molecule has 0 bridgehead atoms. The molecule has 0 atom stereocenters. The fraction of sp³-hybridized carbons (Fsp3) is 0.400. The molecule has 0 radical (unpaired) electrons. The maximum atomic E-state index is 13.5. The molecule has 1 N–H and O–H groups in total. The highest BCUT2D eigenvalue weighted by molar-refractivity contribution is 7.90. The zero-order valence-corrected chi connectivity index (χ0v) is 9.84. The molecule has 0 aliphatic heterocycles. The molecular formula is C10H13FO4S. The third-order valence-electron chi connectivity index (χ3n) is 2.12. The minimum atomic E-state index is -3.62. The fourth-order valence-electron chi connectivity index (χ4n) is 1.37. The second-order valence-corrected chi connectivity index (χ2v) is 5.32. The lowest BCUT2D eigenvalue weighted by atomic mass is 10.1. The van der Waals surface area contributed by atoms with Crippen molar-refractivity contribution in [3.05, 3.63) is 23.5 Å². The van der Waals surface area contributed by atoms with E-state index in [2.05, 4.69) is 0 Å². The first kappa shape index (κ1) is 12.9. The van der Waals surface area contributed by atoms with E-state index >= 15 is 0 Å². The predicted octanol–water partition coefficient (Wildman–Crippen LogP) is 0.773. The highest BCUT2D eigenvalue weighted by atomic mass is 32.2. The van der Waals surface area contributed by atoms with E-state index < -0.39 is 20.5 Å². The van der Waals surface area contributed by atoms with E-state index in [9.17, 15) is 12.8 Å². The summed E-state index contributed by atoms with van der Waals surface area (Å²) in [6.07, 6.45) is 1.14. The topological polar surface area (TPSA) is 63.6 Å². The first-order chi connectivity index (χ1) is 7.40. The molecule has 1 aromatic rings. The monoisotopic (exact) mass is 248 g/mol. The summed E-state index contributed by atoms with van der Waals surface area (Å²) < 4.78 is 40.9. The van der Waals surface area contributed by atoms with Gasteiger partial charge >= 0.3 is 0 Å². The summed E-state index contributed by atoms with van der Waals surface area (Å²) in [5.74, 6) is -0.567. The summed E-state index contributed by atoms with van der Waals surface area (Å²) in [6.45, 7) is -0.159. The Kier molecular flexibility index (Phi) is 3.88. The van der Waals surface area contributed by atoms with Crippen molar-refractivity contribution in [1.29, 1.82) is 0 Å². The van der Waals surface area contributed by atoms with Crippen LogP contribution in [0.15, 0.2) is 17.0 Å². The van der Waals surface area contributed by atoms with Gasteiger partial charge in [0.05, 0.1) is 7.11 Å². The van der Waals surface area contributed by atoms with E-state index in [0.717, 1.165) is 18.4 Å². The standard InChI is InChI=1S/C10H13FO4S/c1-15-9-6-10(16(2,13)14)8(11)5-7(9)3-4-12/h5-6,12H,3-4H2,1-2H3. The molecule has 1 rings (SSSR count). The summed E-state index contributed by atoms with van der Waals surface area (Å²) in [4.78, 5) is -0.397. The van der Waals surface area contributed by atoms with Crippen LogP contribution in [0.25, 0.3) is 0 Å². The smallest absolute Gasteiger partial charge is 0.178 e. The maximum Gasteiger partial charge on any atom is 0.178 e. The number of ether oxygens (including phenoxy) is 1. The molecule has 0 saturated carbocycles. The van der Waals surface area contributed by atoms with Crippen molar-refractivity contribution in [3.63, 3.8) is 0 Å². The number of hydrogen-bond donors (Lipinski definition) is 1. The van der Waals surface area contributed by atoms with E-state index in [4.69, 9.17) is 9.84 Å². The van der Waals surface area contributed by atoms with Crippen LogP contribution in [-0.2, 0) is 16.3 Å². The molecule has 6 heteroatoms. The minimum absolute atomic E-state index is 0.159. The van der Waals surface area contributed by atoms with Crippen LogP contribution in [0.4, 0.5) is 4.39 Å². The molecule has 0 aliphatic carbocycles. The van der Waals surface area contributed by atoms with Crippen LogP contribution in [0.2, 0.25) is 0 Å². The molecule has 0 fully saturated rings. The van der Waals surface area contributed by atoms with Gasteiger partial charge < -0.3 is 9.84 Å². The van der Waals surface area contributed by atoms with E-state index in [0.29, 0.717) is 5.56 Å². The number of sulfone groups is 1. The van der Waals surface area contributed by atoms with Gasteiger partial charge in [0.2, 0.25) is 0 Å². The average molecular weight is 248 g/mol. The van der Waals surface area contributed by atoms with Gasteiger partial charge in [-0.25, -0.2) is 12.8 Å². The van der Waals surface area contributed by atoms with E-state index in [1.807, 2.05) is 0 Å². The quantitative estimate of drug-likeness (QED) is 0.855. The largest absolute Gasteiger partial charge is 0.496 e. The number of hydrogen-bond acceptors (Lipinski definition) is 4. The lowest BCUT2D eigenvalue weighted by Gasteiger charge is -2.10. The predicted molar refractivity (Wildman–Crippen MR) is 56.9 cm³/mol. The number of methoxy groups -OCH3 is 1. The Morgan fingerprint density at radius 1 is 1.44 bits per heavy atom. The van der Waals surface area contributed by atoms with Crippen molar-refractivity contribution in [2.24, 2.45) is 0 Å². The van der Waals surface area contributed by atoms with Crippen LogP contribution in [0.5, 0.6) is 5.75 Å². The Bertz CT molecular complexity index is 482. The summed E-state index contributed by atoms with van der Waals surface area (Å²) in [6, 6.07) is 2.21. The molecule has 0 heterocycles. The molecule has 0 spiro atoms. The van der Waals surface area contributed by atoms with E-state index in [1.165, 1.54) is 7.11 Å². The van der Waals surface area contributed by atoms with Gasteiger partial charge in [-0.05, 0) is 18.1 Å². The molecular weight excluding hydrogens is 235 g/mol. The van der Waals surface area contributed by atoms with Crippen molar-refractivity contribution < 1.29 is 22.7 Å². The highest BCUT2D eigenvalue weighted by Gasteiger charge is 2.17. The van der Waals surface area contributed by atoms with Crippen LogP contribution in [-0.4, -0.2) is 33.5 Å². The van der Waals surface area contributed by atoms with E-state index in [1.54, 1.807) is 0 Å². The SMILES string of the molecule is COc1cc(S(C)(=O)=O)c(F)cc1CCO. The first-order valence-electron chi connectivity index (χ1n) is 4.57. The van der Waals surface area contributed by atoms with Crippen molar-refractivity contribution in [2.45, 2.75) is 11.3 Å². The molecule has 4 nitrogen and oxygen atoms in total. The number of aliphatic hydroxyl groups is 1. The molecule has 0 aromatic heterocycles. The van der Waals surface area contributed by atoms with Crippen LogP contribution >= 0.6 is 0 Å². The number of rotatable bonds is 4. The fourth-order valence-corrected chi connectivity index (χ4v) is 2.10. The van der Waals surface area contributed by atoms with Gasteiger partial charge in [0.15, 0.2) is 9.84 Å². The summed E-state index contributed by atoms with van der Waals surface area (Å²) in [7, 11) is -2.25. The zero-order chi connectivity index (χ0) is 12.3. The van der Waals surface area contributed by atoms with Gasteiger partial charge in [0, 0.05) is 18.9 Å². The van der Waals surface area contributed by atoms with Gasteiger partial charge in [-0.2, -0.15) is 0 Å². The normalized spacial score (nSPS) is 11.5. The third-order valence-corrected chi connectivity index (χ3v) is 3.23. The van der Waals surface area contributed by atoms with Crippen molar-refractivity contribution in [1.82, 2.24) is 0 Å². The highest BCUT2D eigenvalue weighted by Crippen LogP contribution is 2.26. The summed E-state index contributed by atoms with van der Waals surface area (Å²) >= 11 is 0. The maximum absolute atomic E-state index is 13.5. The molecule has 0 amide bonds.